The molecular formula is C16H16ClN5O3. The molecule has 0 bridgehead atoms. The third-order valence-corrected chi connectivity index (χ3v) is 3.66. The van der Waals surface area contributed by atoms with Crippen molar-refractivity contribution in [2.75, 3.05) is 11.2 Å². The number of nitrogens with zero attached hydrogens (tertiary/aromatic N) is 3. The molecule has 0 fully saturated rings. The van der Waals surface area contributed by atoms with Gasteiger partial charge in [0.05, 0.1) is 12.0 Å². The topological polar surface area (TPSA) is 106 Å². The standard InChI is InChI=1S/C16H16ClN5O3/c1-9(2)10-7-14(23)20-16(18-10)22-13(19-15(24)8-17)6-11(21-22)12-4-3-5-25-12/h3-7,9H,8H2,1-2H3,(H,19,24)(H,18,20,23). The predicted octanol–water partition coefficient (Wildman–Crippen LogP) is 2.52. The van der Waals surface area contributed by atoms with Gasteiger partial charge in [-0.15, -0.1) is 11.6 Å². The number of rotatable bonds is 5. The number of amides is 1. The molecule has 0 aliphatic rings. The number of aromatic nitrogens is 4. The molecule has 0 radical (unpaired) electrons. The fourth-order valence-electron chi connectivity index (χ4n) is 2.21. The molecule has 0 saturated carbocycles. The molecule has 0 spiro atoms. The first-order valence-electron chi connectivity index (χ1n) is 7.59. The van der Waals surface area contributed by atoms with Crippen LogP contribution in [0.2, 0.25) is 0 Å². The van der Waals surface area contributed by atoms with E-state index in [9.17, 15) is 9.59 Å². The zero-order chi connectivity index (χ0) is 18.0. The van der Waals surface area contributed by atoms with Gasteiger partial charge in [0.15, 0.2) is 5.76 Å². The van der Waals surface area contributed by atoms with Gasteiger partial charge in [-0.25, -0.2) is 4.98 Å². The van der Waals surface area contributed by atoms with Crippen LogP contribution >= 0.6 is 11.6 Å². The van der Waals surface area contributed by atoms with E-state index < -0.39 is 5.91 Å². The Morgan fingerprint density at radius 1 is 1.44 bits per heavy atom. The van der Waals surface area contributed by atoms with Crippen LogP contribution < -0.4 is 10.9 Å². The number of halogens is 1. The largest absolute Gasteiger partial charge is 0.463 e. The number of carbonyl (C=O) groups excluding carboxylic acids is 1. The fraction of sp³-hybridized carbons (Fsp3) is 0.250. The third-order valence-electron chi connectivity index (χ3n) is 3.41. The SMILES string of the molecule is CC(C)c1cc(=O)[nH]c(-n2nc(-c3ccco3)cc2NC(=O)CCl)n1. The lowest BCUT2D eigenvalue weighted by molar-refractivity contribution is -0.114. The van der Waals surface area contributed by atoms with Gasteiger partial charge in [0.25, 0.3) is 5.56 Å². The minimum Gasteiger partial charge on any atom is -0.463 e. The molecule has 0 unspecified atom stereocenters. The Kier molecular flexibility index (Phi) is 4.71. The van der Waals surface area contributed by atoms with Crippen LogP contribution in [0.4, 0.5) is 5.82 Å². The van der Waals surface area contributed by atoms with Gasteiger partial charge in [0, 0.05) is 12.1 Å². The van der Waals surface area contributed by atoms with Crippen molar-refractivity contribution < 1.29 is 9.21 Å². The highest BCUT2D eigenvalue weighted by molar-refractivity contribution is 6.29. The van der Waals surface area contributed by atoms with Crippen molar-refractivity contribution in [2.45, 2.75) is 19.8 Å². The van der Waals surface area contributed by atoms with Gasteiger partial charge < -0.3 is 9.73 Å². The van der Waals surface area contributed by atoms with E-state index in [1.165, 1.54) is 17.0 Å². The molecule has 8 nitrogen and oxygen atoms in total. The number of anilines is 1. The van der Waals surface area contributed by atoms with Crippen molar-refractivity contribution in [3.63, 3.8) is 0 Å². The number of hydrogen-bond donors (Lipinski definition) is 2. The van der Waals surface area contributed by atoms with Crippen LogP contribution in [-0.4, -0.2) is 31.5 Å². The molecule has 0 aliphatic heterocycles. The highest BCUT2D eigenvalue weighted by Crippen LogP contribution is 2.24. The second-order valence-electron chi connectivity index (χ2n) is 5.63. The van der Waals surface area contributed by atoms with E-state index in [1.807, 2.05) is 13.8 Å². The van der Waals surface area contributed by atoms with Crippen molar-refractivity contribution in [3.05, 3.63) is 46.6 Å². The smallest absolute Gasteiger partial charge is 0.252 e. The Labute approximate surface area is 147 Å². The summed E-state index contributed by atoms with van der Waals surface area (Å²) < 4.78 is 6.68. The van der Waals surface area contributed by atoms with Crippen molar-refractivity contribution in [1.82, 2.24) is 19.7 Å². The first kappa shape index (κ1) is 17.0. The zero-order valence-electron chi connectivity index (χ0n) is 13.6. The van der Waals surface area contributed by atoms with E-state index in [1.54, 1.807) is 18.2 Å². The average molecular weight is 362 g/mol. The lowest BCUT2D eigenvalue weighted by atomic mass is 10.1. The molecule has 0 aromatic carbocycles. The summed E-state index contributed by atoms with van der Waals surface area (Å²) in [6, 6.07) is 6.51. The van der Waals surface area contributed by atoms with Gasteiger partial charge in [-0.05, 0) is 18.1 Å². The molecular weight excluding hydrogens is 346 g/mol. The first-order valence-corrected chi connectivity index (χ1v) is 8.12. The monoisotopic (exact) mass is 361 g/mol. The van der Waals surface area contributed by atoms with E-state index in [-0.39, 0.29) is 23.3 Å². The van der Waals surface area contributed by atoms with E-state index in [4.69, 9.17) is 16.0 Å². The molecule has 0 saturated heterocycles. The highest BCUT2D eigenvalue weighted by Gasteiger charge is 2.17. The number of hydrogen-bond acceptors (Lipinski definition) is 5. The molecule has 0 atom stereocenters. The minimum absolute atomic E-state index is 0.0574. The maximum Gasteiger partial charge on any atom is 0.252 e. The normalized spacial score (nSPS) is 11.0. The van der Waals surface area contributed by atoms with Gasteiger partial charge in [0.1, 0.15) is 17.4 Å². The van der Waals surface area contributed by atoms with E-state index in [0.29, 0.717) is 23.0 Å². The number of carbonyl (C=O) groups is 1. The van der Waals surface area contributed by atoms with Crippen LogP contribution in [-0.2, 0) is 4.79 Å². The molecule has 3 aromatic heterocycles. The summed E-state index contributed by atoms with van der Waals surface area (Å²) in [5.41, 5.74) is 0.786. The van der Waals surface area contributed by atoms with Gasteiger partial charge >= 0.3 is 0 Å². The van der Waals surface area contributed by atoms with E-state index in [0.717, 1.165) is 0 Å². The van der Waals surface area contributed by atoms with Crippen molar-refractivity contribution in [3.8, 4) is 17.4 Å². The second kappa shape index (κ2) is 6.94. The van der Waals surface area contributed by atoms with Gasteiger partial charge in [-0.2, -0.15) is 9.78 Å². The summed E-state index contributed by atoms with van der Waals surface area (Å²) in [6.45, 7) is 3.86. The van der Waals surface area contributed by atoms with E-state index >= 15 is 0 Å². The van der Waals surface area contributed by atoms with Gasteiger partial charge in [0.2, 0.25) is 11.9 Å². The van der Waals surface area contributed by atoms with Crippen molar-refractivity contribution >= 4 is 23.3 Å². The lowest BCUT2D eigenvalue weighted by Gasteiger charge is -2.09. The average Bonchev–Trinajstić information content (AvgIpc) is 3.23. The van der Waals surface area contributed by atoms with E-state index in [2.05, 4.69) is 20.4 Å². The van der Waals surface area contributed by atoms with Crippen LogP contribution in [0.1, 0.15) is 25.5 Å². The number of aromatic amines is 1. The maximum absolute atomic E-state index is 12.0. The van der Waals surface area contributed by atoms with Crippen LogP contribution in [0.3, 0.4) is 0 Å². The quantitative estimate of drug-likeness (QED) is 0.679. The summed E-state index contributed by atoms with van der Waals surface area (Å²) in [5, 5.41) is 7.02. The Morgan fingerprint density at radius 2 is 2.24 bits per heavy atom. The summed E-state index contributed by atoms with van der Waals surface area (Å²) in [5.74, 6) is 0.470. The summed E-state index contributed by atoms with van der Waals surface area (Å²) in [4.78, 5) is 30.7. The number of furan rings is 1. The van der Waals surface area contributed by atoms with Gasteiger partial charge in [-0.3, -0.25) is 14.6 Å². The lowest BCUT2D eigenvalue weighted by Crippen LogP contribution is -2.20. The Balaban J connectivity index is 2.13. The third kappa shape index (κ3) is 3.63. The molecule has 0 aliphatic carbocycles. The maximum atomic E-state index is 12.0. The fourth-order valence-corrected chi connectivity index (χ4v) is 2.28. The molecule has 25 heavy (non-hydrogen) atoms. The van der Waals surface area contributed by atoms with Crippen LogP contribution in [0, 0.1) is 0 Å². The van der Waals surface area contributed by atoms with Crippen LogP contribution in [0.25, 0.3) is 17.4 Å². The summed E-state index contributed by atoms with van der Waals surface area (Å²) in [7, 11) is 0. The Bertz CT molecular complexity index is 943. The van der Waals surface area contributed by atoms with Crippen molar-refractivity contribution in [1.29, 1.82) is 0 Å². The molecule has 3 rings (SSSR count). The molecule has 130 valence electrons. The molecule has 3 aromatic rings. The van der Waals surface area contributed by atoms with Crippen LogP contribution in [0.5, 0.6) is 0 Å². The first-order chi connectivity index (χ1) is 12.0. The molecule has 1 amide bonds. The van der Waals surface area contributed by atoms with Crippen LogP contribution in [0.15, 0.2) is 39.7 Å². The number of H-pyrrole nitrogens is 1. The minimum atomic E-state index is -0.406. The number of nitrogens with one attached hydrogen (secondary N) is 2. The Hall–Kier alpha value is -2.87. The molecule has 9 heteroatoms. The Morgan fingerprint density at radius 3 is 2.88 bits per heavy atom. The van der Waals surface area contributed by atoms with Crippen molar-refractivity contribution in [2.24, 2.45) is 0 Å². The number of alkyl halides is 1. The molecule has 3 heterocycles. The molecule has 2 N–H and O–H groups in total. The summed E-state index contributed by atoms with van der Waals surface area (Å²) in [6.07, 6.45) is 1.52. The predicted molar refractivity (Wildman–Crippen MR) is 93.1 cm³/mol. The summed E-state index contributed by atoms with van der Waals surface area (Å²) >= 11 is 5.56. The second-order valence-corrected chi connectivity index (χ2v) is 5.90. The zero-order valence-corrected chi connectivity index (χ0v) is 14.4. The highest BCUT2D eigenvalue weighted by atomic mass is 35.5. The van der Waals surface area contributed by atoms with Gasteiger partial charge in [-0.1, -0.05) is 13.8 Å².